The molecule has 1 aliphatic heterocycles. The van der Waals surface area contributed by atoms with Crippen LogP contribution >= 0.6 is 0 Å². The van der Waals surface area contributed by atoms with Gasteiger partial charge in [0.1, 0.15) is 0 Å². The second-order valence-corrected chi connectivity index (χ2v) is 7.91. The van der Waals surface area contributed by atoms with Gasteiger partial charge in [0.05, 0.1) is 0 Å². The molecule has 2 N–H and O–H groups in total. The molecule has 1 aromatic rings. The molecule has 1 amide bonds. The highest BCUT2D eigenvalue weighted by atomic mass is 16.2. The van der Waals surface area contributed by atoms with Crippen LogP contribution in [-0.4, -0.2) is 67.5 Å². The lowest BCUT2D eigenvalue weighted by Crippen LogP contribution is -2.40. The lowest BCUT2D eigenvalue weighted by molar-refractivity contribution is -0.130. The summed E-state index contributed by atoms with van der Waals surface area (Å²) in [6.07, 6.45) is 5.53. The monoisotopic (exact) mass is 401 g/mol. The van der Waals surface area contributed by atoms with E-state index in [1.165, 1.54) is 25.8 Å². The smallest absolute Gasteiger partial charge is 0.224 e. The number of guanidine groups is 1. The Kier molecular flexibility index (Phi) is 10.6. The van der Waals surface area contributed by atoms with Crippen LogP contribution in [0.3, 0.4) is 0 Å². The highest BCUT2D eigenvalue weighted by molar-refractivity contribution is 5.81. The summed E-state index contributed by atoms with van der Waals surface area (Å²) < 4.78 is 0. The van der Waals surface area contributed by atoms with E-state index in [9.17, 15) is 4.79 Å². The summed E-state index contributed by atoms with van der Waals surface area (Å²) in [7, 11) is 1.86. The molecule has 0 aromatic heterocycles. The molecule has 6 nitrogen and oxygen atoms in total. The van der Waals surface area contributed by atoms with E-state index in [2.05, 4.69) is 34.4 Å². The normalized spacial score (nSPS) is 17.8. The number of carbonyl (C=O) groups excluding carboxylic acids is 1. The molecule has 0 spiro atoms. The maximum Gasteiger partial charge on any atom is 0.224 e. The largest absolute Gasteiger partial charge is 0.357 e. The maximum absolute atomic E-state index is 12.4. The van der Waals surface area contributed by atoms with E-state index in [1.807, 2.05) is 37.4 Å². The zero-order valence-corrected chi connectivity index (χ0v) is 18.5. The Morgan fingerprint density at radius 2 is 2.03 bits per heavy atom. The van der Waals surface area contributed by atoms with Crippen LogP contribution in [-0.2, 0) is 11.3 Å². The van der Waals surface area contributed by atoms with Gasteiger partial charge in [-0.05, 0) is 45.2 Å². The van der Waals surface area contributed by atoms with Gasteiger partial charge in [-0.3, -0.25) is 9.79 Å². The fraction of sp³-hybridized carbons (Fsp3) is 0.652. The van der Waals surface area contributed by atoms with Crippen LogP contribution in [0.2, 0.25) is 0 Å². The van der Waals surface area contributed by atoms with Crippen LogP contribution in [0, 0.1) is 0 Å². The molecule has 0 saturated carbocycles. The molecule has 1 aliphatic rings. The van der Waals surface area contributed by atoms with Gasteiger partial charge >= 0.3 is 0 Å². The summed E-state index contributed by atoms with van der Waals surface area (Å²) in [6.45, 7) is 9.59. The van der Waals surface area contributed by atoms with E-state index in [4.69, 9.17) is 0 Å². The molecule has 1 saturated heterocycles. The van der Waals surface area contributed by atoms with Crippen LogP contribution in [0.5, 0.6) is 0 Å². The van der Waals surface area contributed by atoms with Gasteiger partial charge in [-0.2, -0.15) is 0 Å². The van der Waals surface area contributed by atoms with E-state index in [0.717, 1.165) is 37.6 Å². The molecular formula is C23H39N5O. The molecule has 1 atom stereocenters. The van der Waals surface area contributed by atoms with Crippen molar-refractivity contribution in [3.05, 3.63) is 35.9 Å². The topological polar surface area (TPSA) is 60.0 Å². The minimum atomic E-state index is 0.135. The molecule has 162 valence electrons. The highest BCUT2D eigenvalue weighted by Gasteiger charge is 2.17. The van der Waals surface area contributed by atoms with Gasteiger partial charge in [0.15, 0.2) is 5.96 Å². The first-order chi connectivity index (χ1) is 14.1. The number of aliphatic imine (C=N–C) groups is 1. The van der Waals surface area contributed by atoms with Crippen molar-refractivity contribution in [3.63, 3.8) is 0 Å². The fourth-order valence-corrected chi connectivity index (χ4v) is 3.72. The van der Waals surface area contributed by atoms with Gasteiger partial charge in [0, 0.05) is 52.2 Å². The molecule has 6 heteroatoms. The zero-order valence-electron chi connectivity index (χ0n) is 18.5. The number of likely N-dealkylation sites (tertiary alicyclic amines) is 1. The van der Waals surface area contributed by atoms with Crippen LogP contribution < -0.4 is 10.6 Å². The van der Waals surface area contributed by atoms with E-state index < -0.39 is 0 Å². The Bertz CT molecular complexity index is 619. The van der Waals surface area contributed by atoms with Crippen molar-refractivity contribution in [2.45, 2.75) is 58.5 Å². The number of benzene rings is 1. The Labute approximate surface area is 176 Å². The Morgan fingerprint density at radius 1 is 1.24 bits per heavy atom. The SMILES string of the molecule is CCNC(=NCCCN1CCCCC1C)NCCC(=O)N(C)Cc1ccccc1. The number of hydrogen-bond acceptors (Lipinski definition) is 3. The number of hydrogen-bond donors (Lipinski definition) is 2. The first kappa shape index (κ1) is 23.2. The molecule has 29 heavy (non-hydrogen) atoms. The lowest BCUT2D eigenvalue weighted by atomic mass is 10.0. The summed E-state index contributed by atoms with van der Waals surface area (Å²) >= 11 is 0. The summed E-state index contributed by atoms with van der Waals surface area (Å²) in [5.74, 6) is 0.939. The number of rotatable bonds is 10. The third kappa shape index (κ3) is 8.86. The molecule has 0 aliphatic carbocycles. The second-order valence-electron chi connectivity index (χ2n) is 7.91. The molecular weight excluding hydrogens is 362 g/mol. The molecule has 2 rings (SSSR count). The minimum absolute atomic E-state index is 0.135. The standard InChI is InChI=1S/C23H39N5O/c1-4-24-23(25-15-10-18-28-17-9-8-11-20(28)2)26-16-14-22(29)27(3)19-21-12-6-5-7-13-21/h5-7,12-13,20H,4,8-11,14-19H2,1-3H3,(H2,24,25,26). The Balaban J connectivity index is 1.67. The minimum Gasteiger partial charge on any atom is -0.357 e. The van der Waals surface area contributed by atoms with Gasteiger partial charge in [0.2, 0.25) is 5.91 Å². The average molecular weight is 402 g/mol. The fourth-order valence-electron chi connectivity index (χ4n) is 3.72. The first-order valence-electron chi connectivity index (χ1n) is 11.1. The van der Waals surface area contributed by atoms with Crippen molar-refractivity contribution in [2.24, 2.45) is 4.99 Å². The van der Waals surface area contributed by atoms with Crippen LogP contribution in [0.4, 0.5) is 0 Å². The Morgan fingerprint density at radius 3 is 2.76 bits per heavy atom. The second kappa shape index (κ2) is 13.2. The molecule has 1 fully saturated rings. The van der Waals surface area contributed by atoms with Crippen molar-refractivity contribution in [2.75, 3.05) is 39.8 Å². The van der Waals surface area contributed by atoms with E-state index >= 15 is 0 Å². The Hall–Kier alpha value is -2.08. The predicted octanol–water partition coefficient (Wildman–Crippen LogP) is 2.85. The van der Waals surface area contributed by atoms with Crippen molar-refractivity contribution >= 4 is 11.9 Å². The molecule has 1 unspecified atom stereocenters. The van der Waals surface area contributed by atoms with Gasteiger partial charge < -0.3 is 20.4 Å². The van der Waals surface area contributed by atoms with Crippen LogP contribution in [0.1, 0.15) is 51.5 Å². The number of carbonyl (C=O) groups is 1. The predicted molar refractivity (Wildman–Crippen MR) is 121 cm³/mol. The molecule has 1 heterocycles. The van der Waals surface area contributed by atoms with Crippen molar-refractivity contribution < 1.29 is 4.79 Å². The summed E-state index contributed by atoms with van der Waals surface area (Å²) in [5.41, 5.74) is 1.15. The molecule has 0 bridgehead atoms. The summed E-state index contributed by atoms with van der Waals surface area (Å²) in [4.78, 5) is 21.4. The molecule has 0 radical (unpaired) electrons. The van der Waals surface area contributed by atoms with E-state index in [1.54, 1.807) is 4.90 Å². The van der Waals surface area contributed by atoms with Crippen LogP contribution in [0.25, 0.3) is 0 Å². The number of amides is 1. The first-order valence-corrected chi connectivity index (χ1v) is 11.1. The molecule has 1 aromatic carbocycles. The number of piperidine rings is 1. The zero-order chi connectivity index (χ0) is 20.9. The van der Waals surface area contributed by atoms with Crippen molar-refractivity contribution in [1.82, 2.24) is 20.4 Å². The highest BCUT2D eigenvalue weighted by Crippen LogP contribution is 2.16. The van der Waals surface area contributed by atoms with Crippen LogP contribution in [0.15, 0.2) is 35.3 Å². The van der Waals surface area contributed by atoms with Crippen molar-refractivity contribution in [1.29, 1.82) is 0 Å². The third-order valence-electron chi connectivity index (χ3n) is 5.48. The van der Waals surface area contributed by atoms with Crippen molar-refractivity contribution in [3.8, 4) is 0 Å². The maximum atomic E-state index is 12.4. The van der Waals surface area contributed by atoms with Gasteiger partial charge in [-0.1, -0.05) is 36.8 Å². The number of nitrogens with one attached hydrogen (secondary N) is 2. The third-order valence-corrected chi connectivity index (χ3v) is 5.48. The summed E-state index contributed by atoms with van der Waals surface area (Å²) in [5, 5.41) is 6.57. The quantitative estimate of drug-likeness (QED) is 0.360. The summed E-state index contributed by atoms with van der Waals surface area (Å²) in [6, 6.07) is 10.8. The van der Waals surface area contributed by atoms with Gasteiger partial charge in [0.25, 0.3) is 0 Å². The van der Waals surface area contributed by atoms with Gasteiger partial charge in [-0.15, -0.1) is 0 Å². The lowest BCUT2D eigenvalue weighted by Gasteiger charge is -2.33. The van der Waals surface area contributed by atoms with E-state index in [0.29, 0.717) is 25.6 Å². The van der Waals surface area contributed by atoms with Gasteiger partial charge in [-0.25, -0.2) is 0 Å². The average Bonchev–Trinajstić information content (AvgIpc) is 2.73. The number of nitrogens with zero attached hydrogens (tertiary/aromatic N) is 3. The van der Waals surface area contributed by atoms with E-state index in [-0.39, 0.29) is 5.91 Å².